The molecule has 2 rings (SSSR count). The first-order chi connectivity index (χ1) is 13.8. The van der Waals surface area contributed by atoms with Crippen molar-refractivity contribution >= 4 is 17.8 Å². The van der Waals surface area contributed by atoms with Gasteiger partial charge in [0.05, 0.1) is 0 Å². The van der Waals surface area contributed by atoms with E-state index in [1.165, 1.54) is 6.08 Å². The maximum atomic E-state index is 12.3. The van der Waals surface area contributed by atoms with Crippen LogP contribution in [-0.2, 0) is 22.5 Å². The number of carbonyl (C=O) groups is 2. The molecule has 0 aliphatic carbocycles. The van der Waals surface area contributed by atoms with Gasteiger partial charge in [-0.15, -0.1) is 0 Å². The second-order valence-corrected chi connectivity index (χ2v) is 7.55. The number of rotatable bonds is 8. The lowest BCUT2D eigenvalue weighted by molar-refractivity contribution is -0.137. The number of Topliss-reactive ketones (excluding diaryl/α,β-unsaturated/α-hetero) is 1. The number of hydrogen-bond donors (Lipinski definition) is 0. The number of hydrogen-bond acceptors (Lipinski definition) is 4. The van der Waals surface area contributed by atoms with Crippen LogP contribution in [-0.4, -0.2) is 22.9 Å². The van der Waals surface area contributed by atoms with Gasteiger partial charge in [-0.2, -0.15) is 5.26 Å². The zero-order chi connectivity index (χ0) is 21.6. The summed E-state index contributed by atoms with van der Waals surface area (Å²) in [4.78, 5) is 24.6. The summed E-state index contributed by atoms with van der Waals surface area (Å²) in [6.07, 6.45) is 2.42. The zero-order valence-electron chi connectivity index (χ0n) is 17.8. The highest BCUT2D eigenvalue weighted by Crippen LogP contribution is 2.20. The maximum Gasteiger partial charge on any atom is 0.349 e. The van der Waals surface area contributed by atoms with E-state index in [4.69, 9.17) is 4.74 Å². The van der Waals surface area contributed by atoms with Crippen LogP contribution in [0.15, 0.2) is 35.9 Å². The van der Waals surface area contributed by atoms with E-state index < -0.39 is 12.6 Å². The first kappa shape index (κ1) is 22.2. The van der Waals surface area contributed by atoms with Crippen molar-refractivity contribution < 1.29 is 14.3 Å². The van der Waals surface area contributed by atoms with E-state index in [2.05, 4.69) is 18.4 Å². The summed E-state index contributed by atoms with van der Waals surface area (Å²) in [6.45, 7) is 10.7. The molecule has 2 aromatic rings. The highest BCUT2D eigenvalue weighted by molar-refractivity contribution is 6.02. The zero-order valence-corrected chi connectivity index (χ0v) is 17.8. The van der Waals surface area contributed by atoms with Crippen molar-refractivity contribution in [2.45, 2.75) is 47.6 Å². The van der Waals surface area contributed by atoms with Crippen molar-refractivity contribution in [1.82, 2.24) is 4.57 Å². The number of benzene rings is 1. The Labute approximate surface area is 172 Å². The third-order valence-corrected chi connectivity index (χ3v) is 4.82. The van der Waals surface area contributed by atoms with Crippen molar-refractivity contribution in [3.63, 3.8) is 0 Å². The third-order valence-electron chi connectivity index (χ3n) is 4.82. The molecule has 1 aromatic heterocycles. The van der Waals surface area contributed by atoms with Gasteiger partial charge in [0.1, 0.15) is 11.6 Å². The molecule has 0 aliphatic heterocycles. The molecule has 0 N–H and O–H groups in total. The van der Waals surface area contributed by atoms with Gasteiger partial charge in [-0.05, 0) is 49.5 Å². The number of carbonyl (C=O) groups excluding carboxylic acids is 2. The van der Waals surface area contributed by atoms with Gasteiger partial charge in [0.25, 0.3) is 0 Å². The van der Waals surface area contributed by atoms with Crippen LogP contribution in [0.25, 0.3) is 6.08 Å². The Hall–Kier alpha value is -3.13. The maximum absolute atomic E-state index is 12.3. The first-order valence-corrected chi connectivity index (χ1v) is 9.84. The fourth-order valence-electron chi connectivity index (χ4n) is 3.13. The predicted molar refractivity (Wildman–Crippen MR) is 113 cm³/mol. The third kappa shape index (κ3) is 5.68. The first-order valence-electron chi connectivity index (χ1n) is 9.84. The molecule has 5 heteroatoms. The van der Waals surface area contributed by atoms with Gasteiger partial charge in [-0.25, -0.2) is 4.79 Å². The SMILES string of the molecule is CCc1ccc(C(=O)COC(=O)/C(C#N)=C/c2cc(C)n(CC(C)C)c2C)cc1. The summed E-state index contributed by atoms with van der Waals surface area (Å²) < 4.78 is 7.26. The quantitative estimate of drug-likeness (QED) is 0.284. The van der Waals surface area contributed by atoms with Crippen LogP contribution in [0.1, 0.15) is 53.6 Å². The molecule has 0 amide bonds. The molecule has 0 atom stereocenters. The molecule has 0 spiro atoms. The van der Waals surface area contributed by atoms with Gasteiger partial charge < -0.3 is 9.30 Å². The van der Waals surface area contributed by atoms with Crippen molar-refractivity contribution in [1.29, 1.82) is 5.26 Å². The Morgan fingerprint density at radius 2 is 1.86 bits per heavy atom. The fourth-order valence-corrected chi connectivity index (χ4v) is 3.13. The molecular weight excluding hydrogens is 364 g/mol. The van der Waals surface area contributed by atoms with Crippen molar-refractivity contribution in [3.8, 4) is 6.07 Å². The van der Waals surface area contributed by atoms with Crippen LogP contribution in [0.2, 0.25) is 0 Å². The number of aromatic nitrogens is 1. The molecule has 0 aliphatic rings. The molecule has 1 heterocycles. The Balaban J connectivity index is 2.10. The Morgan fingerprint density at radius 1 is 1.21 bits per heavy atom. The van der Waals surface area contributed by atoms with E-state index in [0.29, 0.717) is 11.5 Å². The highest BCUT2D eigenvalue weighted by atomic mass is 16.5. The normalized spacial score (nSPS) is 11.4. The van der Waals surface area contributed by atoms with Gasteiger partial charge in [0.15, 0.2) is 12.4 Å². The Bertz CT molecular complexity index is 957. The van der Waals surface area contributed by atoms with Crippen LogP contribution < -0.4 is 0 Å². The molecule has 0 bridgehead atoms. The average molecular weight is 392 g/mol. The summed E-state index contributed by atoms with van der Waals surface area (Å²) in [5.74, 6) is -0.609. The van der Waals surface area contributed by atoms with E-state index in [0.717, 1.165) is 35.5 Å². The lowest BCUT2D eigenvalue weighted by Gasteiger charge is -2.12. The molecule has 29 heavy (non-hydrogen) atoms. The van der Waals surface area contributed by atoms with E-state index >= 15 is 0 Å². The van der Waals surface area contributed by atoms with Crippen molar-refractivity contribution in [2.75, 3.05) is 6.61 Å². The molecular formula is C24H28N2O3. The van der Waals surface area contributed by atoms with E-state index in [1.807, 2.05) is 45.0 Å². The Morgan fingerprint density at radius 3 is 2.41 bits per heavy atom. The van der Waals surface area contributed by atoms with E-state index in [-0.39, 0.29) is 11.4 Å². The lowest BCUT2D eigenvalue weighted by atomic mass is 10.1. The van der Waals surface area contributed by atoms with Gasteiger partial charge in [-0.3, -0.25) is 4.79 Å². The van der Waals surface area contributed by atoms with Gasteiger partial charge >= 0.3 is 5.97 Å². The van der Waals surface area contributed by atoms with Crippen LogP contribution in [0.5, 0.6) is 0 Å². The summed E-state index contributed by atoms with van der Waals surface area (Å²) >= 11 is 0. The molecule has 152 valence electrons. The van der Waals surface area contributed by atoms with Crippen molar-refractivity contribution in [2.24, 2.45) is 5.92 Å². The van der Waals surface area contributed by atoms with Crippen LogP contribution in [0.4, 0.5) is 0 Å². The van der Waals surface area contributed by atoms with Crippen molar-refractivity contribution in [3.05, 3.63) is 64.0 Å². The smallest absolute Gasteiger partial charge is 0.349 e. The molecule has 5 nitrogen and oxygen atoms in total. The number of nitrogens with zero attached hydrogens (tertiary/aromatic N) is 2. The van der Waals surface area contributed by atoms with Crippen LogP contribution >= 0.6 is 0 Å². The van der Waals surface area contributed by atoms with Gasteiger partial charge in [0.2, 0.25) is 0 Å². The minimum atomic E-state index is -0.792. The van der Waals surface area contributed by atoms with Gasteiger partial charge in [0, 0.05) is 23.5 Å². The molecule has 0 unspecified atom stereocenters. The molecule has 0 saturated heterocycles. The molecule has 1 aromatic carbocycles. The topological polar surface area (TPSA) is 72.1 Å². The second kappa shape index (κ2) is 9.88. The molecule has 0 radical (unpaired) electrons. The largest absolute Gasteiger partial charge is 0.453 e. The minimum Gasteiger partial charge on any atom is -0.453 e. The minimum absolute atomic E-state index is 0.121. The number of esters is 1. The van der Waals surface area contributed by atoms with E-state index in [1.54, 1.807) is 12.1 Å². The summed E-state index contributed by atoms with van der Waals surface area (Å²) in [5.41, 5.74) is 4.35. The molecule has 0 fully saturated rings. The standard InChI is InChI=1S/C24H28N2O3/c1-6-19-7-9-20(10-8-19)23(27)15-29-24(28)22(13-25)12-21-11-17(4)26(18(21)5)14-16(2)3/h7-12,16H,6,14-15H2,1-5H3/b22-12+. The summed E-state index contributed by atoms with van der Waals surface area (Å²) in [6, 6.07) is 11.0. The second-order valence-electron chi connectivity index (χ2n) is 7.55. The summed E-state index contributed by atoms with van der Waals surface area (Å²) in [7, 11) is 0. The number of nitriles is 1. The van der Waals surface area contributed by atoms with Crippen LogP contribution in [0.3, 0.4) is 0 Å². The number of aryl methyl sites for hydroxylation is 2. The molecule has 0 saturated carbocycles. The van der Waals surface area contributed by atoms with Gasteiger partial charge in [-0.1, -0.05) is 45.0 Å². The average Bonchev–Trinajstić information content (AvgIpc) is 2.96. The monoisotopic (exact) mass is 392 g/mol. The number of ketones is 1. The Kier molecular flexibility index (Phi) is 7.55. The number of ether oxygens (including phenoxy) is 1. The summed E-state index contributed by atoms with van der Waals surface area (Å²) in [5, 5.41) is 9.40. The fraction of sp³-hybridized carbons (Fsp3) is 0.375. The van der Waals surface area contributed by atoms with E-state index in [9.17, 15) is 14.9 Å². The van der Waals surface area contributed by atoms with Crippen LogP contribution in [0, 0.1) is 31.1 Å². The lowest BCUT2D eigenvalue weighted by Crippen LogP contribution is -2.15. The predicted octanol–water partition coefficient (Wildman–Crippen LogP) is 4.66. The highest BCUT2D eigenvalue weighted by Gasteiger charge is 2.16.